The second kappa shape index (κ2) is 33.9. The molecule has 450 valence electrons. The van der Waals surface area contributed by atoms with Crippen LogP contribution in [0.15, 0.2) is 221 Å². The number of nitrogens with one attached hydrogen (secondary N) is 1. The monoisotopic (exact) mass is 1210 g/mol. The number of benzene rings is 9. The van der Waals surface area contributed by atoms with Crippen molar-refractivity contribution in [3.8, 4) is 12.3 Å². The second-order valence-electron chi connectivity index (χ2n) is 19.1. The molecular weight excluding hydrogens is 1140 g/mol. The summed E-state index contributed by atoms with van der Waals surface area (Å²) in [6, 6.07) is 65.5. The van der Waals surface area contributed by atoms with Gasteiger partial charge in [-0.05, 0) is 99.3 Å². The number of methoxy groups -OCH3 is 1. The maximum atomic E-state index is 13.3. The number of aromatic nitrogens is 6. The first kappa shape index (κ1) is 68.3. The molecule has 3 aromatic heterocycles. The Hall–Kier alpha value is -9.84. The Bertz CT molecular complexity index is 4610. The Kier molecular flexibility index (Phi) is 26.0. The number of aliphatic carboxylic acids is 1. The molecule has 1 unspecified atom stereocenters. The Balaban J connectivity index is 0.000000197. The number of aliphatic hydroxyl groups is 1. The van der Waals surface area contributed by atoms with Crippen molar-refractivity contribution in [1.82, 2.24) is 27.8 Å². The van der Waals surface area contributed by atoms with Crippen LogP contribution in [0.3, 0.4) is 0 Å². The predicted molar refractivity (Wildman–Crippen MR) is 344 cm³/mol. The third-order valence-corrected chi connectivity index (χ3v) is 14.0. The average Bonchev–Trinajstić information content (AvgIpc) is 2.23. The number of aliphatic hydroxyl groups excluding tert-OH is 1. The summed E-state index contributed by atoms with van der Waals surface area (Å²) in [5.74, 6) is -0.286. The number of H-pyrrole nitrogens is 1. The minimum Gasteiger partial charge on any atom is -0.857 e. The molecule has 0 amide bonds. The number of ether oxygens (including phenoxy) is 3. The topological polar surface area (TPSA) is 234 Å². The molecule has 3 heterocycles. The van der Waals surface area contributed by atoms with Gasteiger partial charge in [0.15, 0.2) is 0 Å². The van der Waals surface area contributed by atoms with Crippen molar-refractivity contribution in [2.24, 2.45) is 0 Å². The largest absolute Gasteiger partial charge is 1.00 e. The summed E-state index contributed by atoms with van der Waals surface area (Å²) in [6.07, 6.45) is 6.22. The predicted octanol–water partition coefficient (Wildman–Crippen LogP) is 6.97. The van der Waals surface area contributed by atoms with Gasteiger partial charge in [0, 0.05) is 32.4 Å². The van der Waals surface area contributed by atoms with Crippen molar-refractivity contribution in [1.29, 1.82) is 0 Å². The second-order valence-corrected chi connectivity index (χ2v) is 19.1. The molecule has 12 aromatic rings. The molecule has 3 N–H and O–H groups in total. The van der Waals surface area contributed by atoms with E-state index in [0.717, 1.165) is 80.0 Å². The van der Waals surface area contributed by atoms with Crippen molar-refractivity contribution >= 4 is 89.5 Å². The molecule has 0 spiro atoms. The van der Waals surface area contributed by atoms with Gasteiger partial charge in [0.2, 0.25) is 0 Å². The molecule has 19 heteroatoms. The average molecular weight is 1210 g/mol. The van der Waals surface area contributed by atoms with Crippen LogP contribution in [-0.2, 0) is 48.2 Å². The van der Waals surface area contributed by atoms with E-state index >= 15 is 0 Å². The van der Waals surface area contributed by atoms with E-state index in [4.69, 9.17) is 19.7 Å². The Morgan fingerprint density at radius 1 is 0.551 bits per heavy atom. The smallest absolute Gasteiger partial charge is 0.857 e. The van der Waals surface area contributed by atoms with E-state index in [1.165, 1.54) is 39.3 Å². The van der Waals surface area contributed by atoms with Crippen molar-refractivity contribution in [2.75, 3.05) is 34.5 Å². The minimum atomic E-state index is -1.02. The van der Waals surface area contributed by atoms with E-state index in [-0.39, 0.29) is 53.0 Å². The SMILES string of the molecule is C#CC(=O)OCC.CCOC(=O)/C=C/n1c(=O)n(Cc2cccc3ccccc23)c2ccccc21.CO.COC(CC(=O)O)n1c(=O)n(Cc2cccc3ccccc23)c2ccccc21.C[O-].O=c1[nH]c2ccccc2n1Cc1cccc2ccccc12.[Na+]. The summed E-state index contributed by atoms with van der Waals surface area (Å²) >= 11 is 0. The number of terminal acetylenes is 1. The van der Waals surface area contributed by atoms with Crippen LogP contribution in [0.4, 0.5) is 0 Å². The van der Waals surface area contributed by atoms with Gasteiger partial charge in [0.1, 0.15) is 6.23 Å². The molecule has 12 rings (SSSR count). The van der Waals surface area contributed by atoms with Crippen molar-refractivity contribution in [3.05, 3.63) is 254 Å². The zero-order valence-corrected chi connectivity index (χ0v) is 52.3. The number of fused-ring (bicyclic) bond motifs is 6. The first-order valence-corrected chi connectivity index (χ1v) is 28.0. The Labute approximate surface area is 535 Å². The van der Waals surface area contributed by atoms with E-state index in [2.05, 4.69) is 58.6 Å². The molecule has 0 aliphatic carbocycles. The number of aromatic amines is 1. The van der Waals surface area contributed by atoms with E-state index in [0.29, 0.717) is 38.4 Å². The van der Waals surface area contributed by atoms with Gasteiger partial charge in [0.25, 0.3) is 0 Å². The van der Waals surface area contributed by atoms with Crippen LogP contribution in [0.5, 0.6) is 0 Å². The zero-order valence-electron chi connectivity index (χ0n) is 50.3. The maximum Gasteiger partial charge on any atom is 1.00 e. The van der Waals surface area contributed by atoms with E-state index < -0.39 is 24.1 Å². The third kappa shape index (κ3) is 16.6. The van der Waals surface area contributed by atoms with Crippen LogP contribution in [0.1, 0.15) is 43.2 Å². The minimum absolute atomic E-state index is 0. The Morgan fingerprint density at radius 3 is 1.42 bits per heavy atom. The van der Waals surface area contributed by atoms with Crippen molar-refractivity contribution < 1.29 is 73.5 Å². The molecule has 18 nitrogen and oxygen atoms in total. The maximum absolute atomic E-state index is 13.3. The van der Waals surface area contributed by atoms with Crippen LogP contribution in [0.25, 0.3) is 71.6 Å². The molecule has 0 radical (unpaired) electrons. The van der Waals surface area contributed by atoms with Gasteiger partial charge in [-0.3, -0.25) is 27.6 Å². The number of carbonyl (C=O) groups is 3. The molecule has 0 aliphatic heterocycles. The number of para-hydroxylation sites is 6. The fourth-order valence-corrected chi connectivity index (χ4v) is 10.2. The number of hydrogen-bond acceptors (Lipinski definition) is 11. The summed E-state index contributed by atoms with van der Waals surface area (Å²) in [4.78, 5) is 74.3. The van der Waals surface area contributed by atoms with Crippen LogP contribution < -0.4 is 51.7 Å². The standard InChI is InChI=1S/C23H20N2O3.C22H20N2O4.C18H14N2O.C5H6O2.CH4O.CH3O.Na/c1-2-28-22(26)14-15-24-20-12-5-6-13-21(20)25(23(24)27)16-18-10-7-9-17-8-3-4-11-19(17)18;1-28-20(13-21(25)26)24-19-12-5-4-11-18(19)23(22(24)27)14-16-9-6-8-15-7-2-3-10-17(15)16;21-18-19-16-10-3-4-11-17(16)20(18)12-14-8-5-7-13-6-1-2-9-15(13)14;1-3-5(6)7-4-2;2*1-2;/h3-15H,2,16H2,1H3;2-12,20H,13-14H2,1H3,(H,25,26);1-11H,12H2,(H,19,21);1H,4H2,2H3;2H,1H3;1H3;/q;;;;;-1;+1/b15-14+;;;;;;. The fraction of sp³-hybridized carbons (Fsp3) is 0.171. The molecule has 0 saturated heterocycles. The number of esters is 2. The van der Waals surface area contributed by atoms with Gasteiger partial charge in [-0.2, -0.15) is 7.11 Å². The third-order valence-electron chi connectivity index (χ3n) is 14.0. The molecular formula is C70H67N6NaO12. The number of rotatable bonds is 14. The van der Waals surface area contributed by atoms with Gasteiger partial charge < -0.3 is 34.5 Å². The number of carbonyl (C=O) groups excluding carboxylic acids is 2. The molecule has 0 bridgehead atoms. The normalized spacial score (nSPS) is 10.9. The van der Waals surface area contributed by atoms with Crippen LogP contribution in [-0.4, -0.2) is 90.5 Å². The first-order valence-electron chi connectivity index (χ1n) is 28.0. The van der Waals surface area contributed by atoms with Crippen LogP contribution in [0, 0.1) is 12.3 Å². The molecule has 0 fully saturated rings. The van der Waals surface area contributed by atoms with E-state index in [9.17, 15) is 33.9 Å². The van der Waals surface area contributed by atoms with Crippen LogP contribution >= 0.6 is 0 Å². The summed E-state index contributed by atoms with van der Waals surface area (Å²) in [5, 5.41) is 31.3. The fourth-order valence-electron chi connectivity index (χ4n) is 10.2. The number of nitrogens with zero attached hydrogens (tertiary/aromatic N) is 5. The van der Waals surface area contributed by atoms with Crippen molar-refractivity contribution in [3.63, 3.8) is 0 Å². The van der Waals surface area contributed by atoms with Gasteiger partial charge in [-0.1, -0.05) is 164 Å². The number of carboxylic acids is 1. The molecule has 9 aromatic carbocycles. The summed E-state index contributed by atoms with van der Waals surface area (Å²) in [7, 11) is 3.16. The molecule has 89 heavy (non-hydrogen) atoms. The molecule has 0 saturated carbocycles. The van der Waals surface area contributed by atoms with Gasteiger partial charge >= 0.3 is 64.5 Å². The number of carboxylic acid groups (broad SMARTS) is 1. The number of imidazole rings is 3. The van der Waals surface area contributed by atoms with Gasteiger partial charge in [0.05, 0.1) is 72.4 Å². The van der Waals surface area contributed by atoms with Crippen molar-refractivity contribution in [2.45, 2.75) is 46.1 Å². The van der Waals surface area contributed by atoms with E-state index in [1.807, 2.05) is 158 Å². The zero-order chi connectivity index (χ0) is 63.1. The van der Waals surface area contributed by atoms with Crippen LogP contribution in [0.2, 0.25) is 0 Å². The number of hydrogen-bond donors (Lipinski definition) is 3. The first-order chi connectivity index (χ1) is 42.9. The summed E-state index contributed by atoms with van der Waals surface area (Å²) in [5.41, 5.74) is 7.46. The summed E-state index contributed by atoms with van der Waals surface area (Å²) in [6.45, 7) is 5.50. The summed E-state index contributed by atoms with van der Waals surface area (Å²) < 4.78 is 22.7. The quantitative estimate of drug-likeness (QED) is 0.0330. The molecule has 1 atom stereocenters. The Morgan fingerprint density at radius 2 is 0.955 bits per heavy atom. The van der Waals surface area contributed by atoms with Gasteiger partial charge in [-0.15, -0.1) is 6.42 Å². The van der Waals surface area contributed by atoms with Gasteiger partial charge in [-0.25, -0.2) is 24.0 Å². The van der Waals surface area contributed by atoms with E-state index in [1.54, 1.807) is 33.5 Å². The molecule has 0 aliphatic rings.